The van der Waals surface area contributed by atoms with Crippen LogP contribution in [0.1, 0.15) is 25.5 Å². The fourth-order valence-corrected chi connectivity index (χ4v) is 1.53. The topological polar surface area (TPSA) is 51.8 Å². The fraction of sp³-hybridized carbons (Fsp3) is 0.231. The number of benzene rings is 1. The van der Waals surface area contributed by atoms with Crippen molar-refractivity contribution in [3.05, 3.63) is 41.8 Å². The van der Waals surface area contributed by atoms with E-state index < -0.39 is 0 Å². The highest BCUT2D eigenvalue weighted by Gasteiger charge is 2.08. The van der Waals surface area contributed by atoms with Crippen LogP contribution in [-0.4, -0.2) is 10.2 Å². The van der Waals surface area contributed by atoms with Crippen LogP contribution in [0.5, 0.6) is 0 Å². The highest BCUT2D eigenvalue weighted by molar-refractivity contribution is 5.62. The quantitative estimate of drug-likeness (QED) is 0.808. The van der Waals surface area contributed by atoms with Crippen molar-refractivity contribution in [2.24, 2.45) is 0 Å². The molecule has 88 valence electrons. The van der Waals surface area contributed by atoms with Gasteiger partial charge in [-0.2, -0.15) is 10.2 Å². The zero-order chi connectivity index (χ0) is 12.4. The van der Waals surface area contributed by atoms with Crippen LogP contribution < -0.4 is 5.73 Å². The maximum atomic E-state index is 13.6. The Bertz CT molecular complexity index is 521. The molecule has 1 aromatic carbocycles. The smallest absolute Gasteiger partial charge is 0.134 e. The summed E-state index contributed by atoms with van der Waals surface area (Å²) >= 11 is 0. The summed E-state index contributed by atoms with van der Waals surface area (Å²) in [4.78, 5) is 0. The van der Waals surface area contributed by atoms with Gasteiger partial charge in [0.15, 0.2) is 0 Å². The molecule has 4 heteroatoms. The molecule has 0 fully saturated rings. The second-order valence-electron chi connectivity index (χ2n) is 4.24. The van der Waals surface area contributed by atoms with Gasteiger partial charge in [0, 0.05) is 11.3 Å². The largest absolute Gasteiger partial charge is 0.399 e. The highest BCUT2D eigenvalue weighted by Crippen LogP contribution is 2.23. The molecule has 2 N–H and O–H groups in total. The lowest BCUT2D eigenvalue weighted by molar-refractivity contribution is 0.630. The van der Waals surface area contributed by atoms with Crippen LogP contribution >= 0.6 is 0 Å². The highest BCUT2D eigenvalue weighted by atomic mass is 19.1. The molecule has 0 unspecified atom stereocenters. The van der Waals surface area contributed by atoms with E-state index in [1.807, 2.05) is 19.9 Å². The molecule has 17 heavy (non-hydrogen) atoms. The number of halogens is 1. The summed E-state index contributed by atoms with van der Waals surface area (Å²) in [5.41, 5.74) is 7.73. The van der Waals surface area contributed by atoms with Gasteiger partial charge in [0.05, 0.1) is 11.4 Å². The lowest BCUT2D eigenvalue weighted by Crippen LogP contribution is -1.97. The monoisotopic (exact) mass is 231 g/mol. The molecule has 0 aliphatic rings. The van der Waals surface area contributed by atoms with Crippen LogP contribution in [0.4, 0.5) is 10.1 Å². The predicted molar refractivity (Wildman–Crippen MR) is 65.9 cm³/mol. The molecule has 2 rings (SSSR count). The Hall–Kier alpha value is -1.97. The van der Waals surface area contributed by atoms with E-state index in [1.165, 1.54) is 6.07 Å². The first-order valence-electron chi connectivity index (χ1n) is 5.47. The SMILES string of the molecule is CC(C)c1ccc(-c2ccc(N)cc2F)nn1. The number of nitrogens with zero attached hydrogens (tertiary/aromatic N) is 2. The molecule has 0 atom stereocenters. The molecule has 0 amide bonds. The van der Waals surface area contributed by atoms with Gasteiger partial charge in [-0.25, -0.2) is 4.39 Å². The number of hydrogen-bond donors (Lipinski definition) is 1. The van der Waals surface area contributed by atoms with Gasteiger partial charge in [0.2, 0.25) is 0 Å². The summed E-state index contributed by atoms with van der Waals surface area (Å²) in [7, 11) is 0. The van der Waals surface area contributed by atoms with Gasteiger partial charge in [0.1, 0.15) is 5.82 Å². The van der Waals surface area contributed by atoms with Crippen LogP contribution in [-0.2, 0) is 0 Å². The minimum atomic E-state index is -0.378. The first-order valence-corrected chi connectivity index (χ1v) is 5.47. The molecule has 0 spiro atoms. The molecule has 0 aliphatic carbocycles. The molecule has 3 nitrogen and oxygen atoms in total. The van der Waals surface area contributed by atoms with E-state index in [0.29, 0.717) is 22.9 Å². The van der Waals surface area contributed by atoms with Gasteiger partial charge in [-0.3, -0.25) is 0 Å². The molecule has 1 aromatic heterocycles. The molecule has 0 saturated heterocycles. The minimum absolute atomic E-state index is 0.313. The molecule has 0 radical (unpaired) electrons. The average molecular weight is 231 g/mol. The van der Waals surface area contributed by atoms with Crippen molar-refractivity contribution in [3.63, 3.8) is 0 Å². The molecule has 0 bridgehead atoms. The van der Waals surface area contributed by atoms with E-state index in [0.717, 1.165) is 5.69 Å². The van der Waals surface area contributed by atoms with E-state index in [1.54, 1.807) is 18.2 Å². The number of rotatable bonds is 2. The van der Waals surface area contributed by atoms with E-state index in [2.05, 4.69) is 10.2 Å². The lowest BCUT2D eigenvalue weighted by atomic mass is 10.1. The number of aromatic nitrogens is 2. The second-order valence-corrected chi connectivity index (χ2v) is 4.24. The molecule has 2 aromatic rings. The Kier molecular flexibility index (Phi) is 3.04. The van der Waals surface area contributed by atoms with Crippen molar-refractivity contribution in [1.82, 2.24) is 10.2 Å². The Morgan fingerprint density at radius 3 is 2.41 bits per heavy atom. The van der Waals surface area contributed by atoms with E-state index in [-0.39, 0.29) is 5.82 Å². The van der Waals surface area contributed by atoms with Gasteiger partial charge in [-0.15, -0.1) is 0 Å². The van der Waals surface area contributed by atoms with Crippen LogP contribution in [0.2, 0.25) is 0 Å². The molecule has 0 saturated carbocycles. The Balaban J connectivity index is 2.40. The first-order chi connectivity index (χ1) is 8.08. The van der Waals surface area contributed by atoms with Gasteiger partial charge < -0.3 is 5.73 Å². The van der Waals surface area contributed by atoms with Crippen molar-refractivity contribution in [2.45, 2.75) is 19.8 Å². The Labute approximate surface area is 99.5 Å². The van der Waals surface area contributed by atoms with Crippen molar-refractivity contribution in [1.29, 1.82) is 0 Å². The Morgan fingerprint density at radius 2 is 1.88 bits per heavy atom. The van der Waals surface area contributed by atoms with E-state index in [4.69, 9.17) is 5.73 Å². The van der Waals surface area contributed by atoms with Gasteiger partial charge in [-0.1, -0.05) is 13.8 Å². The molecule has 0 aliphatic heterocycles. The summed E-state index contributed by atoms with van der Waals surface area (Å²) < 4.78 is 13.6. The number of anilines is 1. The maximum Gasteiger partial charge on any atom is 0.134 e. The van der Waals surface area contributed by atoms with Gasteiger partial charge in [-0.05, 0) is 36.2 Å². The third kappa shape index (κ3) is 2.41. The van der Waals surface area contributed by atoms with Crippen molar-refractivity contribution < 1.29 is 4.39 Å². The number of hydrogen-bond acceptors (Lipinski definition) is 3. The third-order valence-electron chi connectivity index (χ3n) is 2.55. The number of nitrogens with two attached hydrogens (primary N) is 1. The van der Waals surface area contributed by atoms with Crippen LogP contribution in [0, 0.1) is 5.82 Å². The minimum Gasteiger partial charge on any atom is -0.399 e. The maximum absolute atomic E-state index is 13.6. The van der Waals surface area contributed by atoms with Gasteiger partial charge >= 0.3 is 0 Å². The van der Waals surface area contributed by atoms with Crippen molar-refractivity contribution in [3.8, 4) is 11.3 Å². The van der Waals surface area contributed by atoms with E-state index in [9.17, 15) is 4.39 Å². The zero-order valence-electron chi connectivity index (χ0n) is 9.81. The summed E-state index contributed by atoms with van der Waals surface area (Å²) in [5.74, 6) is -0.0654. The van der Waals surface area contributed by atoms with Crippen LogP contribution in [0.15, 0.2) is 30.3 Å². The van der Waals surface area contributed by atoms with Crippen molar-refractivity contribution in [2.75, 3.05) is 5.73 Å². The summed E-state index contributed by atoms with van der Waals surface area (Å²) in [6.07, 6.45) is 0. The first kappa shape index (κ1) is 11.5. The standard InChI is InChI=1S/C13H14FN3/c1-8(2)12-5-6-13(17-16-12)10-4-3-9(15)7-11(10)14/h3-8H,15H2,1-2H3. The fourth-order valence-electron chi connectivity index (χ4n) is 1.53. The Morgan fingerprint density at radius 1 is 1.12 bits per heavy atom. The molecular weight excluding hydrogens is 217 g/mol. The van der Waals surface area contributed by atoms with Crippen molar-refractivity contribution >= 4 is 5.69 Å². The summed E-state index contributed by atoms with van der Waals surface area (Å²) in [6, 6.07) is 8.19. The lowest BCUT2D eigenvalue weighted by Gasteiger charge is -2.06. The summed E-state index contributed by atoms with van der Waals surface area (Å²) in [5, 5.41) is 8.10. The normalized spacial score (nSPS) is 10.8. The average Bonchev–Trinajstić information content (AvgIpc) is 2.29. The third-order valence-corrected chi connectivity index (χ3v) is 2.55. The zero-order valence-corrected chi connectivity index (χ0v) is 9.81. The van der Waals surface area contributed by atoms with Crippen LogP contribution in [0.3, 0.4) is 0 Å². The summed E-state index contributed by atoms with van der Waals surface area (Å²) in [6.45, 7) is 4.07. The second kappa shape index (κ2) is 4.49. The predicted octanol–water partition coefficient (Wildman–Crippen LogP) is 2.99. The van der Waals surface area contributed by atoms with E-state index >= 15 is 0 Å². The molecular formula is C13H14FN3. The van der Waals surface area contributed by atoms with Gasteiger partial charge in [0.25, 0.3) is 0 Å². The molecule has 1 heterocycles. The van der Waals surface area contributed by atoms with Crippen LogP contribution in [0.25, 0.3) is 11.3 Å². The number of nitrogen functional groups attached to an aromatic ring is 1.